The van der Waals surface area contributed by atoms with E-state index in [9.17, 15) is 4.79 Å². The number of nitrogens with zero attached hydrogens (tertiary/aromatic N) is 3. The van der Waals surface area contributed by atoms with Crippen LogP contribution in [0.5, 0.6) is 0 Å². The second-order valence-corrected chi connectivity index (χ2v) is 5.41. The van der Waals surface area contributed by atoms with Crippen molar-refractivity contribution in [3.8, 4) is 0 Å². The fourth-order valence-corrected chi connectivity index (χ4v) is 2.79. The summed E-state index contributed by atoms with van der Waals surface area (Å²) in [6.07, 6.45) is 5.61. The minimum absolute atomic E-state index is 0.0608. The first-order valence-corrected chi connectivity index (χ1v) is 7.29. The summed E-state index contributed by atoms with van der Waals surface area (Å²) in [7, 11) is 0. The van der Waals surface area contributed by atoms with Crippen LogP contribution in [0.4, 0.5) is 0 Å². The van der Waals surface area contributed by atoms with Gasteiger partial charge in [-0.2, -0.15) is 0 Å². The van der Waals surface area contributed by atoms with Crippen LogP contribution in [0.1, 0.15) is 24.2 Å². The lowest BCUT2D eigenvalue weighted by Crippen LogP contribution is -2.42. The zero-order valence-electron chi connectivity index (χ0n) is 12.2. The van der Waals surface area contributed by atoms with Crippen LogP contribution < -0.4 is 5.32 Å². The molecule has 0 aromatic carbocycles. The number of carbonyl (C=O) groups is 1. The van der Waals surface area contributed by atoms with E-state index in [1.54, 1.807) is 12.4 Å². The molecule has 110 valence electrons. The van der Waals surface area contributed by atoms with Gasteiger partial charge < -0.3 is 9.88 Å². The van der Waals surface area contributed by atoms with Crippen molar-refractivity contribution in [3.63, 3.8) is 0 Å². The number of amides is 1. The van der Waals surface area contributed by atoms with Gasteiger partial charge in [0.2, 0.25) is 5.91 Å². The van der Waals surface area contributed by atoms with Crippen molar-refractivity contribution in [1.29, 1.82) is 0 Å². The van der Waals surface area contributed by atoms with Crippen LogP contribution in [0, 0.1) is 0 Å². The summed E-state index contributed by atoms with van der Waals surface area (Å²) >= 11 is 0. The largest absolute Gasteiger partial charge is 0.351 e. The highest BCUT2D eigenvalue weighted by atomic mass is 16.2. The fourth-order valence-electron chi connectivity index (χ4n) is 2.79. The maximum Gasteiger partial charge on any atom is 0.234 e. The minimum Gasteiger partial charge on any atom is -0.351 e. The molecule has 0 bridgehead atoms. The van der Waals surface area contributed by atoms with Crippen molar-refractivity contribution in [3.05, 3.63) is 54.1 Å². The molecular formula is C16H20N4O. The summed E-state index contributed by atoms with van der Waals surface area (Å²) in [5.41, 5.74) is 2.30. The van der Waals surface area contributed by atoms with Crippen molar-refractivity contribution < 1.29 is 4.79 Å². The minimum atomic E-state index is 0.0608. The van der Waals surface area contributed by atoms with Crippen LogP contribution in [0.15, 0.2) is 42.9 Å². The first kappa shape index (κ1) is 13.8. The van der Waals surface area contributed by atoms with Gasteiger partial charge in [-0.15, -0.1) is 0 Å². The maximum atomic E-state index is 12.1. The van der Waals surface area contributed by atoms with Gasteiger partial charge in [-0.05, 0) is 30.7 Å². The van der Waals surface area contributed by atoms with E-state index in [2.05, 4.69) is 45.0 Å². The van der Waals surface area contributed by atoms with Gasteiger partial charge >= 0.3 is 0 Å². The standard InChI is InChI=1S/C16H20N4O/c1-13-15-5-3-7-19(15)8-9-20(13)12-16(21)18-11-14-4-2-6-17-10-14/h2-7,10,13H,8-9,11-12H2,1H3,(H,18,21)/t13-/m0/s1. The molecule has 21 heavy (non-hydrogen) atoms. The fraction of sp³-hybridized carbons (Fsp3) is 0.375. The van der Waals surface area contributed by atoms with Crippen molar-refractivity contribution in [2.45, 2.75) is 26.1 Å². The normalized spacial score (nSPS) is 18.2. The second kappa shape index (κ2) is 6.10. The van der Waals surface area contributed by atoms with E-state index in [-0.39, 0.29) is 11.9 Å². The van der Waals surface area contributed by atoms with Crippen LogP contribution in [-0.2, 0) is 17.9 Å². The number of pyridine rings is 1. The lowest BCUT2D eigenvalue weighted by molar-refractivity contribution is -0.123. The predicted octanol–water partition coefficient (Wildman–Crippen LogP) is 1.58. The average Bonchev–Trinajstić information content (AvgIpc) is 2.98. The molecule has 1 amide bonds. The molecular weight excluding hydrogens is 264 g/mol. The second-order valence-electron chi connectivity index (χ2n) is 5.41. The lowest BCUT2D eigenvalue weighted by atomic mass is 10.1. The van der Waals surface area contributed by atoms with Crippen LogP contribution in [0.3, 0.4) is 0 Å². The van der Waals surface area contributed by atoms with Gasteiger partial charge in [0.1, 0.15) is 0 Å². The highest BCUT2D eigenvalue weighted by molar-refractivity contribution is 5.78. The Bertz CT molecular complexity index is 608. The first-order valence-electron chi connectivity index (χ1n) is 7.29. The van der Waals surface area contributed by atoms with Crippen LogP contribution in [0.25, 0.3) is 0 Å². The van der Waals surface area contributed by atoms with E-state index >= 15 is 0 Å². The van der Waals surface area contributed by atoms with Gasteiger partial charge in [-0.3, -0.25) is 14.7 Å². The molecule has 3 rings (SSSR count). The molecule has 0 spiro atoms. The van der Waals surface area contributed by atoms with Gasteiger partial charge in [-0.25, -0.2) is 0 Å². The van der Waals surface area contributed by atoms with Gasteiger partial charge in [0, 0.05) is 50.0 Å². The van der Waals surface area contributed by atoms with E-state index in [0.29, 0.717) is 13.1 Å². The summed E-state index contributed by atoms with van der Waals surface area (Å²) in [5.74, 6) is 0.0608. The third-order valence-corrected chi connectivity index (χ3v) is 4.03. The number of nitrogens with one attached hydrogen (secondary N) is 1. The molecule has 0 aliphatic carbocycles. The summed E-state index contributed by atoms with van der Waals surface area (Å²) in [6.45, 7) is 4.98. The van der Waals surface area contributed by atoms with E-state index in [4.69, 9.17) is 0 Å². The van der Waals surface area contributed by atoms with Gasteiger partial charge in [0.05, 0.1) is 6.54 Å². The third-order valence-electron chi connectivity index (χ3n) is 4.03. The first-order chi connectivity index (χ1) is 10.2. The Morgan fingerprint density at radius 2 is 2.29 bits per heavy atom. The van der Waals surface area contributed by atoms with Crippen LogP contribution in [0.2, 0.25) is 0 Å². The smallest absolute Gasteiger partial charge is 0.234 e. The van der Waals surface area contributed by atoms with Crippen LogP contribution >= 0.6 is 0 Å². The number of rotatable bonds is 4. The average molecular weight is 284 g/mol. The zero-order valence-corrected chi connectivity index (χ0v) is 12.2. The Hall–Kier alpha value is -2.14. The molecule has 0 unspecified atom stereocenters. The Labute approximate surface area is 124 Å². The molecule has 1 aliphatic rings. The molecule has 5 nitrogen and oxygen atoms in total. The summed E-state index contributed by atoms with van der Waals surface area (Å²) in [4.78, 5) is 18.4. The highest BCUT2D eigenvalue weighted by Crippen LogP contribution is 2.24. The molecule has 1 N–H and O–H groups in total. The number of hydrogen-bond donors (Lipinski definition) is 1. The van der Waals surface area contributed by atoms with Crippen molar-refractivity contribution in [2.24, 2.45) is 0 Å². The van der Waals surface area contributed by atoms with E-state index in [1.165, 1.54) is 5.69 Å². The molecule has 0 radical (unpaired) electrons. The van der Waals surface area contributed by atoms with E-state index in [1.807, 2.05) is 12.1 Å². The Morgan fingerprint density at radius 1 is 1.38 bits per heavy atom. The quantitative estimate of drug-likeness (QED) is 0.927. The molecule has 2 aromatic rings. The lowest BCUT2D eigenvalue weighted by Gasteiger charge is -2.34. The molecule has 0 saturated carbocycles. The highest BCUT2D eigenvalue weighted by Gasteiger charge is 2.24. The maximum absolute atomic E-state index is 12.1. The topological polar surface area (TPSA) is 50.2 Å². The number of carbonyl (C=O) groups excluding carboxylic acids is 1. The van der Waals surface area contributed by atoms with Crippen LogP contribution in [-0.4, -0.2) is 33.4 Å². The monoisotopic (exact) mass is 284 g/mol. The number of aromatic nitrogens is 2. The summed E-state index contributed by atoms with van der Waals surface area (Å²) in [6, 6.07) is 8.31. The van der Waals surface area contributed by atoms with E-state index in [0.717, 1.165) is 18.7 Å². The Morgan fingerprint density at radius 3 is 3.10 bits per heavy atom. The molecule has 1 aliphatic heterocycles. The van der Waals surface area contributed by atoms with E-state index < -0.39 is 0 Å². The molecule has 1 atom stereocenters. The van der Waals surface area contributed by atoms with Gasteiger partial charge in [0.25, 0.3) is 0 Å². The van der Waals surface area contributed by atoms with Gasteiger partial charge in [0.15, 0.2) is 0 Å². The third kappa shape index (κ3) is 3.13. The Balaban J connectivity index is 1.54. The molecule has 0 saturated heterocycles. The molecule has 2 aromatic heterocycles. The number of fused-ring (bicyclic) bond motifs is 1. The zero-order chi connectivity index (χ0) is 14.7. The summed E-state index contributed by atoms with van der Waals surface area (Å²) < 4.78 is 2.26. The van der Waals surface area contributed by atoms with Crippen molar-refractivity contribution in [1.82, 2.24) is 19.8 Å². The van der Waals surface area contributed by atoms with Crippen molar-refractivity contribution >= 4 is 5.91 Å². The Kier molecular flexibility index (Phi) is 4.01. The van der Waals surface area contributed by atoms with Gasteiger partial charge in [-0.1, -0.05) is 6.07 Å². The molecule has 5 heteroatoms. The number of hydrogen-bond acceptors (Lipinski definition) is 3. The van der Waals surface area contributed by atoms with Crippen molar-refractivity contribution in [2.75, 3.05) is 13.1 Å². The molecule has 0 fully saturated rings. The SMILES string of the molecule is C[C@H]1c2cccn2CCN1CC(=O)NCc1cccnc1. The molecule has 3 heterocycles. The summed E-state index contributed by atoms with van der Waals surface area (Å²) in [5, 5.41) is 2.96. The predicted molar refractivity (Wildman–Crippen MR) is 80.5 cm³/mol.